The van der Waals surface area contributed by atoms with Crippen molar-refractivity contribution in [3.05, 3.63) is 21.3 Å². The molecule has 5 heteroatoms. The van der Waals surface area contributed by atoms with Gasteiger partial charge in [-0.3, -0.25) is 4.79 Å². The molecular weight excluding hydrogens is 298 g/mol. The SMILES string of the molecule is CC(Br)C(C)(C)NC(=O)c1ccc(Cl)s1. The van der Waals surface area contributed by atoms with Crippen LogP contribution in [0, 0.1) is 0 Å². The van der Waals surface area contributed by atoms with Gasteiger partial charge in [0, 0.05) is 10.4 Å². The Morgan fingerprint density at radius 1 is 1.60 bits per heavy atom. The second kappa shape index (κ2) is 4.85. The van der Waals surface area contributed by atoms with Crippen LogP contribution in [-0.4, -0.2) is 16.3 Å². The molecule has 0 radical (unpaired) electrons. The van der Waals surface area contributed by atoms with E-state index in [4.69, 9.17) is 11.6 Å². The third-order valence-electron chi connectivity index (χ3n) is 2.23. The lowest BCUT2D eigenvalue weighted by atomic mass is 10.0. The molecule has 0 aliphatic rings. The minimum absolute atomic E-state index is 0.0804. The predicted octanol–water partition coefficient (Wildman–Crippen LogP) is 3.69. The number of carbonyl (C=O) groups excluding carboxylic acids is 1. The minimum atomic E-state index is -0.284. The molecule has 1 unspecified atom stereocenters. The maximum absolute atomic E-state index is 11.8. The average Bonchev–Trinajstić information content (AvgIpc) is 2.50. The molecule has 1 rings (SSSR count). The Kier molecular flexibility index (Phi) is 4.20. The van der Waals surface area contributed by atoms with E-state index in [0.29, 0.717) is 9.21 Å². The van der Waals surface area contributed by atoms with Crippen LogP contribution in [0.3, 0.4) is 0 Å². The predicted molar refractivity (Wildman–Crippen MR) is 69.3 cm³/mol. The number of alkyl halides is 1. The van der Waals surface area contributed by atoms with Crippen molar-refractivity contribution < 1.29 is 4.79 Å². The number of carbonyl (C=O) groups is 1. The van der Waals surface area contributed by atoms with Crippen LogP contribution < -0.4 is 5.32 Å². The van der Waals surface area contributed by atoms with Crippen LogP contribution in [0.25, 0.3) is 0 Å². The first-order chi connectivity index (χ1) is 6.83. The molecular formula is C10H13BrClNOS. The van der Waals surface area contributed by atoms with E-state index < -0.39 is 0 Å². The first-order valence-corrected chi connectivity index (χ1v) is 6.66. The summed E-state index contributed by atoms with van der Waals surface area (Å²) in [5, 5.41) is 2.95. The molecule has 1 N–H and O–H groups in total. The summed E-state index contributed by atoms with van der Waals surface area (Å²) >= 11 is 10.5. The lowest BCUT2D eigenvalue weighted by molar-refractivity contribution is 0.0918. The van der Waals surface area contributed by atoms with Gasteiger partial charge in [-0.1, -0.05) is 34.5 Å². The van der Waals surface area contributed by atoms with Gasteiger partial charge in [0.2, 0.25) is 0 Å². The quantitative estimate of drug-likeness (QED) is 0.848. The highest BCUT2D eigenvalue weighted by Gasteiger charge is 2.26. The fourth-order valence-corrected chi connectivity index (χ4v) is 1.94. The Balaban J connectivity index is 2.72. The normalized spacial score (nSPS) is 13.7. The van der Waals surface area contributed by atoms with Gasteiger partial charge in [-0.2, -0.15) is 0 Å². The van der Waals surface area contributed by atoms with Gasteiger partial charge in [0.25, 0.3) is 5.91 Å². The van der Waals surface area contributed by atoms with Gasteiger partial charge in [-0.15, -0.1) is 11.3 Å². The molecule has 0 saturated carbocycles. The Morgan fingerprint density at radius 2 is 2.20 bits per heavy atom. The zero-order valence-corrected chi connectivity index (χ0v) is 12.0. The van der Waals surface area contributed by atoms with Crippen molar-refractivity contribution in [3.8, 4) is 0 Å². The highest BCUT2D eigenvalue weighted by molar-refractivity contribution is 9.09. The van der Waals surface area contributed by atoms with Crippen LogP contribution in [0.5, 0.6) is 0 Å². The van der Waals surface area contributed by atoms with Crippen molar-refractivity contribution >= 4 is 44.8 Å². The van der Waals surface area contributed by atoms with Crippen molar-refractivity contribution in [1.29, 1.82) is 0 Å². The van der Waals surface area contributed by atoms with E-state index in [1.54, 1.807) is 12.1 Å². The Hall–Kier alpha value is -0.0600. The Morgan fingerprint density at radius 3 is 2.60 bits per heavy atom. The van der Waals surface area contributed by atoms with E-state index in [9.17, 15) is 4.79 Å². The fourth-order valence-electron chi connectivity index (χ4n) is 0.890. The number of hydrogen-bond donors (Lipinski definition) is 1. The molecule has 0 aliphatic heterocycles. The monoisotopic (exact) mass is 309 g/mol. The number of hydrogen-bond acceptors (Lipinski definition) is 2. The molecule has 1 heterocycles. The average molecular weight is 311 g/mol. The van der Waals surface area contributed by atoms with E-state index in [1.807, 2.05) is 20.8 Å². The first-order valence-electron chi connectivity index (χ1n) is 4.55. The molecule has 0 bridgehead atoms. The summed E-state index contributed by atoms with van der Waals surface area (Å²) in [7, 11) is 0. The summed E-state index contributed by atoms with van der Waals surface area (Å²) in [5.41, 5.74) is -0.284. The third-order valence-corrected chi connectivity index (χ3v) is 4.60. The number of amides is 1. The van der Waals surface area contributed by atoms with Gasteiger partial charge in [0.05, 0.1) is 9.21 Å². The van der Waals surface area contributed by atoms with Crippen LogP contribution >= 0.6 is 38.9 Å². The maximum Gasteiger partial charge on any atom is 0.261 e. The van der Waals surface area contributed by atoms with Crippen molar-refractivity contribution in [2.24, 2.45) is 0 Å². The number of nitrogens with one attached hydrogen (secondary N) is 1. The molecule has 84 valence electrons. The van der Waals surface area contributed by atoms with Gasteiger partial charge in [-0.05, 0) is 26.0 Å². The van der Waals surface area contributed by atoms with Crippen molar-refractivity contribution in [2.45, 2.75) is 31.1 Å². The van der Waals surface area contributed by atoms with Gasteiger partial charge in [0.15, 0.2) is 0 Å². The zero-order valence-electron chi connectivity index (χ0n) is 8.80. The van der Waals surface area contributed by atoms with Crippen LogP contribution in [0.1, 0.15) is 30.4 Å². The number of halogens is 2. The van der Waals surface area contributed by atoms with E-state index >= 15 is 0 Å². The summed E-state index contributed by atoms with van der Waals surface area (Å²) < 4.78 is 0.629. The summed E-state index contributed by atoms with van der Waals surface area (Å²) in [6.07, 6.45) is 0. The second-order valence-electron chi connectivity index (χ2n) is 3.90. The molecule has 0 saturated heterocycles. The summed E-state index contributed by atoms with van der Waals surface area (Å²) in [6, 6.07) is 3.46. The highest BCUT2D eigenvalue weighted by Crippen LogP contribution is 2.23. The molecule has 0 aromatic carbocycles. The largest absolute Gasteiger partial charge is 0.345 e. The molecule has 0 spiro atoms. The van der Waals surface area contributed by atoms with E-state index in [0.717, 1.165) is 0 Å². The fraction of sp³-hybridized carbons (Fsp3) is 0.500. The van der Waals surface area contributed by atoms with Gasteiger partial charge < -0.3 is 5.32 Å². The number of thiophene rings is 1. The summed E-state index contributed by atoms with van der Waals surface area (Å²) in [5.74, 6) is -0.0804. The molecule has 1 amide bonds. The second-order valence-corrected chi connectivity index (χ2v) is 6.98. The smallest absolute Gasteiger partial charge is 0.261 e. The van der Waals surface area contributed by atoms with E-state index in [1.165, 1.54) is 11.3 Å². The molecule has 0 aliphatic carbocycles. The van der Waals surface area contributed by atoms with Gasteiger partial charge in [-0.25, -0.2) is 0 Å². The topological polar surface area (TPSA) is 29.1 Å². The zero-order chi connectivity index (χ0) is 11.6. The van der Waals surface area contributed by atoms with Crippen molar-refractivity contribution in [2.75, 3.05) is 0 Å². The molecule has 1 atom stereocenters. The van der Waals surface area contributed by atoms with Crippen LogP contribution in [0.2, 0.25) is 4.34 Å². The van der Waals surface area contributed by atoms with Crippen molar-refractivity contribution in [3.63, 3.8) is 0 Å². The standard InChI is InChI=1S/C10H13BrClNOS/c1-6(11)10(2,3)13-9(14)7-4-5-8(12)15-7/h4-6H,1-3H3,(H,13,14). The van der Waals surface area contributed by atoms with Crippen LogP contribution in [0.15, 0.2) is 12.1 Å². The summed E-state index contributed by atoms with van der Waals surface area (Å²) in [6.45, 7) is 5.95. The van der Waals surface area contributed by atoms with Crippen LogP contribution in [-0.2, 0) is 0 Å². The first kappa shape index (κ1) is 13.0. The molecule has 0 fully saturated rings. The molecule has 1 aromatic rings. The number of rotatable bonds is 3. The van der Waals surface area contributed by atoms with Gasteiger partial charge >= 0.3 is 0 Å². The molecule has 1 aromatic heterocycles. The Labute approximate surface area is 107 Å². The van der Waals surface area contributed by atoms with E-state index in [-0.39, 0.29) is 16.3 Å². The van der Waals surface area contributed by atoms with Crippen molar-refractivity contribution in [1.82, 2.24) is 5.32 Å². The van der Waals surface area contributed by atoms with Gasteiger partial charge in [0.1, 0.15) is 0 Å². The maximum atomic E-state index is 11.8. The van der Waals surface area contributed by atoms with E-state index in [2.05, 4.69) is 21.2 Å². The van der Waals surface area contributed by atoms with Crippen LogP contribution in [0.4, 0.5) is 0 Å². The third kappa shape index (κ3) is 3.47. The lowest BCUT2D eigenvalue weighted by Gasteiger charge is -2.28. The molecule has 15 heavy (non-hydrogen) atoms. The minimum Gasteiger partial charge on any atom is -0.345 e. The summed E-state index contributed by atoms with van der Waals surface area (Å²) in [4.78, 5) is 12.6. The highest BCUT2D eigenvalue weighted by atomic mass is 79.9. The Bertz CT molecular complexity index is 362. The lowest BCUT2D eigenvalue weighted by Crippen LogP contribution is -2.48. The molecule has 2 nitrogen and oxygen atoms in total.